The average molecular weight is 445 g/mol. The van der Waals surface area contributed by atoms with Crippen molar-refractivity contribution in [3.63, 3.8) is 0 Å². The summed E-state index contributed by atoms with van der Waals surface area (Å²) >= 11 is 2.83. The van der Waals surface area contributed by atoms with Gasteiger partial charge < -0.3 is 5.32 Å². The summed E-state index contributed by atoms with van der Waals surface area (Å²) in [7, 11) is 0. The summed E-state index contributed by atoms with van der Waals surface area (Å²) in [5.41, 5.74) is 0.164. The van der Waals surface area contributed by atoms with Gasteiger partial charge in [0.15, 0.2) is 5.16 Å². The van der Waals surface area contributed by atoms with Crippen LogP contribution in [0.15, 0.2) is 22.6 Å². The first-order valence-corrected chi connectivity index (χ1v) is 12.0. The van der Waals surface area contributed by atoms with Crippen LogP contribution in [0.25, 0.3) is 10.2 Å². The van der Waals surface area contributed by atoms with Crippen LogP contribution in [0.5, 0.6) is 0 Å². The molecular weight excluding hydrogens is 416 g/mol. The van der Waals surface area contributed by atoms with Crippen LogP contribution in [-0.4, -0.2) is 26.8 Å². The van der Waals surface area contributed by atoms with Gasteiger partial charge in [-0.05, 0) is 43.6 Å². The van der Waals surface area contributed by atoms with Gasteiger partial charge in [0.2, 0.25) is 5.91 Å². The quantitative estimate of drug-likeness (QED) is 0.397. The Hall–Kier alpha value is -2.11. The monoisotopic (exact) mass is 444 g/mol. The Balaban J connectivity index is 1.91. The standard InChI is InChI=1S/C22H28N4O2S2/c1-6-9-26-20(28)18-15-8-7-14(4)10-16(15)30-19(18)24-21(26)29-11-17(27)25-22(5,12-23)13(2)3/h6,13-14H,1,7-11H2,2-5H3,(H,25,27)/t14-,22-/m1/s1. The second-order valence-corrected chi connectivity index (χ2v) is 10.5. The molecule has 2 aromatic heterocycles. The average Bonchev–Trinajstić information content (AvgIpc) is 3.05. The smallest absolute Gasteiger partial charge is 0.263 e. The van der Waals surface area contributed by atoms with Crippen molar-refractivity contribution in [3.8, 4) is 6.07 Å². The van der Waals surface area contributed by atoms with Crippen molar-refractivity contribution in [3.05, 3.63) is 33.4 Å². The number of fused-ring (bicyclic) bond motifs is 3. The van der Waals surface area contributed by atoms with Crippen LogP contribution in [0.1, 0.15) is 44.6 Å². The normalized spacial score (nSPS) is 17.9. The summed E-state index contributed by atoms with van der Waals surface area (Å²) in [6, 6.07) is 2.18. The number of hydrogen-bond donors (Lipinski definition) is 1. The third-order valence-corrected chi connectivity index (χ3v) is 7.93. The SMILES string of the molecule is C=CCn1c(SCC(=O)N[C@](C)(C#N)C(C)C)nc2sc3c(c2c1=O)CC[C@@H](C)C3. The molecule has 160 valence electrons. The Bertz CT molecular complexity index is 1080. The van der Waals surface area contributed by atoms with Gasteiger partial charge in [-0.25, -0.2) is 4.98 Å². The summed E-state index contributed by atoms with van der Waals surface area (Å²) in [5, 5.41) is 13.5. The molecule has 3 rings (SSSR count). The van der Waals surface area contributed by atoms with Gasteiger partial charge >= 0.3 is 0 Å². The summed E-state index contributed by atoms with van der Waals surface area (Å²) in [6.45, 7) is 11.9. The number of carbonyl (C=O) groups is 1. The van der Waals surface area contributed by atoms with Crippen molar-refractivity contribution in [1.29, 1.82) is 5.26 Å². The van der Waals surface area contributed by atoms with Crippen molar-refractivity contribution >= 4 is 39.2 Å². The molecule has 0 fully saturated rings. The third kappa shape index (κ3) is 4.33. The second kappa shape index (κ2) is 8.94. The fourth-order valence-electron chi connectivity index (χ4n) is 3.56. The molecule has 2 aromatic rings. The van der Waals surface area contributed by atoms with Gasteiger partial charge in [-0.1, -0.05) is 38.6 Å². The maximum absolute atomic E-state index is 13.3. The molecule has 0 saturated heterocycles. The minimum absolute atomic E-state index is 0.0234. The van der Waals surface area contributed by atoms with E-state index in [2.05, 4.69) is 24.9 Å². The van der Waals surface area contributed by atoms with Crippen LogP contribution in [0.4, 0.5) is 0 Å². The first-order chi connectivity index (χ1) is 14.2. The number of carbonyl (C=O) groups excluding carboxylic acids is 1. The maximum atomic E-state index is 13.3. The largest absolute Gasteiger partial charge is 0.337 e. The lowest BCUT2D eigenvalue weighted by atomic mass is 9.89. The number of nitrogens with zero attached hydrogens (tertiary/aromatic N) is 3. The number of allylic oxidation sites excluding steroid dienone is 1. The topological polar surface area (TPSA) is 87.8 Å². The van der Waals surface area contributed by atoms with Crippen molar-refractivity contribution < 1.29 is 4.79 Å². The number of hydrogen-bond acceptors (Lipinski definition) is 6. The molecule has 8 heteroatoms. The highest BCUT2D eigenvalue weighted by Gasteiger charge is 2.30. The number of nitriles is 1. The zero-order valence-corrected chi connectivity index (χ0v) is 19.6. The number of nitrogens with one attached hydrogen (secondary N) is 1. The van der Waals surface area contributed by atoms with Gasteiger partial charge in [-0.2, -0.15) is 5.26 Å². The molecule has 1 amide bonds. The van der Waals surface area contributed by atoms with Crippen LogP contribution in [0.2, 0.25) is 0 Å². The Morgan fingerprint density at radius 2 is 2.30 bits per heavy atom. The molecule has 0 saturated carbocycles. The van der Waals surface area contributed by atoms with Crippen molar-refractivity contribution in [2.75, 3.05) is 5.75 Å². The van der Waals surface area contributed by atoms with Gasteiger partial charge in [-0.3, -0.25) is 14.2 Å². The molecule has 0 aromatic carbocycles. The molecule has 0 aliphatic heterocycles. The first-order valence-electron chi connectivity index (χ1n) is 10.2. The molecule has 1 aliphatic rings. The zero-order chi connectivity index (χ0) is 22.1. The molecule has 0 spiro atoms. The minimum atomic E-state index is -0.931. The van der Waals surface area contributed by atoms with E-state index in [4.69, 9.17) is 4.98 Å². The van der Waals surface area contributed by atoms with E-state index in [-0.39, 0.29) is 23.1 Å². The predicted molar refractivity (Wildman–Crippen MR) is 123 cm³/mol. The van der Waals surface area contributed by atoms with E-state index in [1.807, 2.05) is 13.8 Å². The molecule has 0 unspecified atom stereocenters. The molecular formula is C22H28N4O2S2. The highest BCUT2D eigenvalue weighted by Crippen LogP contribution is 2.36. The van der Waals surface area contributed by atoms with E-state index < -0.39 is 5.54 Å². The van der Waals surface area contributed by atoms with E-state index in [1.165, 1.54) is 16.6 Å². The molecule has 1 N–H and O–H groups in total. The van der Waals surface area contributed by atoms with Gasteiger partial charge in [0, 0.05) is 11.4 Å². The number of aryl methyl sites for hydroxylation is 1. The van der Waals surface area contributed by atoms with Crippen molar-refractivity contribution in [2.24, 2.45) is 11.8 Å². The molecule has 6 nitrogen and oxygen atoms in total. The fourth-order valence-corrected chi connectivity index (χ4v) is 5.79. The summed E-state index contributed by atoms with van der Waals surface area (Å²) in [4.78, 5) is 32.6. The van der Waals surface area contributed by atoms with E-state index in [0.717, 1.165) is 35.0 Å². The van der Waals surface area contributed by atoms with Gasteiger partial charge in [0.05, 0.1) is 17.2 Å². The molecule has 0 radical (unpaired) electrons. The number of thiophene rings is 1. The van der Waals surface area contributed by atoms with Crippen LogP contribution in [-0.2, 0) is 24.2 Å². The molecule has 30 heavy (non-hydrogen) atoms. The molecule has 2 atom stereocenters. The molecule has 1 aliphatic carbocycles. The van der Waals surface area contributed by atoms with Crippen LogP contribution in [0.3, 0.4) is 0 Å². The summed E-state index contributed by atoms with van der Waals surface area (Å²) in [5.74, 6) is 0.427. The molecule has 2 heterocycles. The van der Waals surface area contributed by atoms with E-state index in [0.29, 0.717) is 17.6 Å². The first kappa shape index (κ1) is 22.6. The van der Waals surface area contributed by atoms with Gasteiger partial charge in [-0.15, -0.1) is 17.9 Å². The summed E-state index contributed by atoms with van der Waals surface area (Å²) < 4.78 is 1.60. The minimum Gasteiger partial charge on any atom is -0.337 e. The van der Waals surface area contributed by atoms with Crippen LogP contribution >= 0.6 is 23.1 Å². The zero-order valence-electron chi connectivity index (χ0n) is 17.9. The number of aromatic nitrogens is 2. The maximum Gasteiger partial charge on any atom is 0.263 e. The Kier molecular flexibility index (Phi) is 6.73. The number of amides is 1. The van der Waals surface area contributed by atoms with E-state index >= 15 is 0 Å². The lowest BCUT2D eigenvalue weighted by molar-refractivity contribution is -0.120. The molecule has 0 bridgehead atoms. The lowest BCUT2D eigenvalue weighted by Crippen LogP contribution is -2.49. The fraction of sp³-hybridized carbons (Fsp3) is 0.545. The Morgan fingerprint density at radius 3 is 2.93 bits per heavy atom. The van der Waals surface area contributed by atoms with Crippen molar-refractivity contribution in [1.82, 2.24) is 14.9 Å². The van der Waals surface area contributed by atoms with E-state index in [1.54, 1.807) is 28.9 Å². The van der Waals surface area contributed by atoms with Crippen LogP contribution < -0.4 is 10.9 Å². The highest BCUT2D eigenvalue weighted by atomic mass is 32.2. The van der Waals surface area contributed by atoms with Crippen LogP contribution in [0, 0.1) is 23.2 Å². The number of thioether (sulfide) groups is 1. The second-order valence-electron chi connectivity index (χ2n) is 8.44. The van der Waals surface area contributed by atoms with E-state index in [9.17, 15) is 14.9 Å². The van der Waals surface area contributed by atoms with Crippen molar-refractivity contribution in [2.45, 2.75) is 64.2 Å². The highest BCUT2D eigenvalue weighted by molar-refractivity contribution is 7.99. The lowest BCUT2D eigenvalue weighted by Gasteiger charge is -2.27. The number of rotatable bonds is 7. The summed E-state index contributed by atoms with van der Waals surface area (Å²) in [6.07, 6.45) is 4.66. The Labute approximate surface area is 185 Å². The Morgan fingerprint density at radius 1 is 1.57 bits per heavy atom. The third-order valence-electron chi connectivity index (χ3n) is 5.81. The predicted octanol–water partition coefficient (Wildman–Crippen LogP) is 3.92. The van der Waals surface area contributed by atoms with Gasteiger partial charge in [0.1, 0.15) is 10.4 Å². The van der Waals surface area contributed by atoms with Gasteiger partial charge in [0.25, 0.3) is 5.56 Å².